The number of hydrogen-bond acceptors (Lipinski definition) is 2. The van der Waals surface area contributed by atoms with Gasteiger partial charge in [-0.1, -0.05) is 50.8 Å². The summed E-state index contributed by atoms with van der Waals surface area (Å²) >= 11 is 0. The van der Waals surface area contributed by atoms with Crippen molar-refractivity contribution < 1.29 is 4.79 Å². The average Bonchev–Trinajstić information content (AvgIpc) is 2.87. The summed E-state index contributed by atoms with van der Waals surface area (Å²) in [6.45, 7) is 4.45. The van der Waals surface area contributed by atoms with Crippen molar-refractivity contribution >= 4 is 16.8 Å². The van der Waals surface area contributed by atoms with E-state index in [0.29, 0.717) is 5.69 Å². The Labute approximate surface area is 138 Å². The van der Waals surface area contributed by atoms with Crippen LogP contribution >= 0.6 is 0 Å². The van der Waals surface area contributed by atoms with Crippen LogP contribution in [-0.4, -0.2) is 21.7 Å². The predicted octanol–water partition coefficient (Wildman–Crippen LogP) is 3.91. The van der Waals surface area contributed by atoms with Crippen molar-refractivity contribution in [1.82, 2.24) is 15.1 Å². The molecule has 0 saturated heterocycles. The van der Waals surface area contributed by atoms with Gasteiger partial charge >= 0.3 is 0 Å². The Kier molecular flexibility index (Phi) is 4.69. The number of amides is 1. The Balaban J connectivity index is 1.64. The van der Waals surface area contributed by atoms with Gasteiger partial charge in [0.2, 0.25) is 0 Å². The van der Waals surface area contributed by atoms with Gasteiger partial charge in [-0.05, 0) is 31.2 Å². The van der Waals surface area contributed by atoms with Crippen molar-refractivity contribution in [2.75, 3.05) is 0 Å². The number of rotatable bonds is 4. The lowest BCUT2D eigenvalue weighted by atomic mass is 9.80. The molecule has 1 heterocycles. The first-order valence-corrected chi connectivity index (χ1v) is 8.77. The molecule has 4 nitrogen and oxygen atoms in total. The highest BCUT2D eigenvalue weighted by atomic mass is 16.2. The van der Waals surface area contributed by atoms with Crippen LogP contribution in [0.4, 0.5) is 0 Å². The van der Waals surface area contributed by atoms with Gasteiger partial charge in [-0.15, -0.1) is 0 Å². The predicted molar refractivity (Wildman–Crippen MR) is 93.4 cm³/mol. The number of aryl methyl sites for hydroxylation is 1. The molecule has 2 aromatic rings. The number of nitrogens with zero attached hydrogens (tertiary/aromatic N) is 2. The first-order chi connectivity index (χ1) is 11.0. The Morgan fingerprint density at radius 1 is 1.30 bits per heavy atom. The van der Waals surface area contributed by atoms with Gasteiger partial charge in [-0.2, -0.15) is 5.10 Å². The minimum atomic E-state index is -0.0570. The van der Waals surface area contributed by atoms with Crippen molar-refractivity contribution in [1.29, 1.82) is 0 Å². The first kappa shape index (κ1) is 16.0. The molecule has 1 fully saturated rings. The summed E-state index contributed by atoms with van der Waals surface area (Å²) in [6, 6.07) is 8.07. The topological polar surface area (TPSA) is 46.9 Å². The first-order valence-electron chi connectivity index (χ1n) is 8.77. The molecule has 124 valence electrons. The third-order valence-electron chi connectivity index (χ3n) is 5.17. The zero-order valence-corrected chi connectivity index (χ0v) is 14.4. The van der Waals surface area contributed by atoms with Crippen LogP contribution in [0.1, 0.15) is 56.4 Å². The molecule has 1 atom stereocenters. The lowest BCUT2D eigenvalue weighted by Crippen LogP contribution is -2.35. The summed E-state index contributed by atoms with van der Waals surface area (Å²) in [5.41, 5.74) is 1.53. The molecule has 0 aliphatic heterocycles. The van der Waals surface area contributed by atoms with Crippen LogP contribution in [0.15, 0.2) is 24.3 Å². The van der Waals surface area contributed by atoms with Crippen LogP contribution in [0.3, 0.4) is 0 Å². The second-order valence-corrected chi connectivity index (χ2v) is 7.23. The van der Waals surface area contributed by atoms with E-state index in [0.717, 1.165) is 29.2 Å². The van der Waals surface area contributed by atoms with Gasteiger partial charge in [0.25, 0.3) is 5.91 Å². The molecule has 1 N–H and O–H groups in total. The Morgan fingerprint density at radius 2 is 2.00 bits per heavy atom. The molecular formula is C19H27N3O. The molecule has 4 heteroatoms. The van der Waals surface area contributed by atoms with E-state index in [1.165, 1.54) is 25.7 Å². The number of hydrogen-bond donors (Lipinski definition) is 1. The second kappa shape index (κ2) is 6.73. The SMILES string of the molecule is CC1CCC(CC(C)NC(=O)c2nn(C)c3ccccc23)CC1. The fraction of sp³-hybridized carbons (Fsp3) is 0.579. The van der Waals surface area contributed by atoms with Gasteiger partial charge in [0.15, 0.2) is 5.69 Å². The molecule has 0 radical (unpaired) electrons. The fourth-order valence-corrected chi connectivity index (χ4v) is 3.80. The molecule has 23 heavy (non-hydrogen) atoms. The van der Waals surface area contributed by atoms with Crippen LogP contribution in [0.5, 0.6) is 0 Å². The number of fused-ring (bicyclic) bond motifs is 1. The molecule has 1 saturated carbocycles. The highest BCUT2D eigenvalue weighted by Crippen LogP contribution is 2.31. The number of carbonyl (C=O) groups excluding carboxylic acids is 1. The molecule has 0 spiro atoms. The average molecular weight is 313 g/mol. The molecule has 1 aliphatic carbocycles. The van der Waals surface area contributed by atoms with Crippen LogP contribution in [0, 0.1) is 11.8 Å². The van der Waals surface area contributed by atoms with Gasteiger partial charge in [0, 0.05) is 18.5 Å². The monoisotopic (exact) mass is 313 g/mol. The molecule has 3 rings (SSSR count). The Morgan fingerprint density at radius 3 is 2.74 bits per heavy atom. The second-order valence-electron chi connectivity index (χ2n) is 7.23. The van der Waals surface area contributed by atoms with E-state index in [2.05, 4.69) is 24.3 Å². The lowest BCUT2D eigenvalue weighted by molar-refractivity contribution is 0.0927. The van der Waals surface area contributed by atoms with Gasteiger partial charge in [0.1, 0.15) is 0 Å². The number of benzene rings is 1. The van der Waals surface area contributed by atoms with Crippen molar-refractivity contribution in [2.24, 2.45) is 18.9 Å². The van der Waals surface area contributed by atoms with Crippen molar-refractivity contribution in [3.8, 4) is 0 Å². The number of carbonyl (C=O) groups is 1. The molecule has 1 aliphatic rings. The minimum absolute atomic E-state index is 0.0570. The van der Waals surface area contributed by atoms with Gasteiger partial charge in [0.05, 0.1) is 5.52 Å². The zero-order chi connectivity index (χ0) is 16.4. The standard InChI is InChI=1S/C19H27N3O/c1-13-8-10-15(11-9-13)12-14(2)20-19(23)18-16-6-4-5-7-17(16)22(3)21-18/h4-7,13-15H,8-12H2,1-3H3,(H,20,23). The van der Waals surface area contributed by atoms with E-state index >= 15 is 0 Å². The number of para-hydroxylation sites is 1. The largest absolute Gasteiger partial charge is 0.348 e. The zero-order valence-electron chi connectivity index (χ0n) is 14.4. The Hall–Kier alpha value is -1.84. The van der Waals surface area contributed by atoms with Crippen LogP contribution in [-0.2, 0) is 7.05 Å². The highest BCUT2D eigenvalue weighted by molar-refractivity contribution is 6.04. The van der Waals surface area contributed by atoms with Crippen LogP contribution < -0.4 is 5.32 Å². The molecule has 1 aromatic heterocycles. The summed E-state index contributed by atoms with van der Waals surface area (Å²) in [4.78, 5) is 12.6. The number of nitrogens with one attached hydrogen (secondary N) is 1. The summed E-state index contributed by atoms with van der Waals surface area (Å²) in [7, 11) is 1.88. The third-order valence-corrected chi connectivity index (χ3v) is 5.17. The summed E-state index contributed by atoms with van der Waals surface area (Å²) in [6.07, 6.45) is 6.33. The summed E-state index contributed by atoms with van der Waals surface area (Å²) < 4.78 is 1.78. The van der Waals surface area contributed by atoms with Crippen molar-refractivity contribution in [3.05, 3.63) is 30.0 Å². The fourth-order valence-electron chi connectivity index (χ4n) is 3.80. The van der Waals surface area contributed by atoms with E-state index in [1.807, 2.05) is 31.3 Å². The summed E-state index contributed by atoms with van der Waals surface area (Å²) in [5.74, 6) is 1.57. The van der Waals surface area contributed by atoms with Gasteiger partial charge in [-0.3, -0.25) is 9.48 Å². The maximum absolute atomic E-state index is 12.6. The van der Waals surface area contributed by atoms with E-state index in [1.54, 1.807) is 4.68 Å². The van der Waals surface area contributed by atoms with E-state index in [9.17, 15) is 4.79 Å². The molecule has 1 amide bonds. The van der Waals surface area contributed by atoms with E-state index in [-0.39, 0.29) is 11.9 Å². The van der Waals surface area contributed by atoms with Crippen LogP contribution in [0.25, 0.3) is 10.9 Å². The molecule has 0 bridgehead atoms. The summed E-state index contributed by atoms with van der Waals surface area (Å²) in [5, 5.41) is 8.47. The van der Waals surface area contributed by atoms with Gasteiger partial charge in [-0.25, -0.2) is 0 Å². The smallest absolute Gasteiger partial charge is 0.272 e. The lowest BCUT2D eigenvalue weighted by Gasteiger charge is -2.28. The third kappa shape index (κ3) is 3.57. The highest BCUT2D eigenvalue weighted by Gasteiger charge is 2.22. The Bertz CT molecular complexity index is 683. The maximum Gasteiger partial charge on any atom is 0.272 e. The van der Waals surface area contributed by atoms with E-state index in [4.69, 9.17) is 0 Å². The minimum Gasteiger partial charge on any atom is -0.348 e. The quantitative estimate of drug-likeness (QED) is 0.930. The van der Waals surface area contributed by atoms with Crippen molar-refractivity contribution in [3.63, 3.8) is 0 Å². The van der Waals surface area contributed by atoms with Crippen molar-refractivity contribution in [2.45, 2.75) is 52.0 Å². The normalized spacial score (nSPS) is 22.9. The number of aromatic nitrogens is 2. The molecule has 1 aromatic carbocycles. The maximum atomic E-state index is 12.6. The van der Waals surface area contributed by atoms with Gasteiger partial charge < -0.3 is 5.32 Å². The molecule has 1 unspecified atom stereocenters. The van der Waals surface area contributed by atoms with Crippen LogP contribution in [0.2, 0.25) is 0 Å². The van der Waals surface area contributed by atoms with E-state index < -0.39 is 0 Å². The molecular weight excluding hydrogens is 286 g/mol.